The zero-order chi connectivity index (χ0) is 12.8. The predicted molar refractivity (Wildman–Crippen MR) is 65.8 cm³/mol. The summed E-state index contributed by atoms with van der Waals surface area (Å²) in [7, 11) is 0. The van der Waals surface area contributed by atoms with Gasteiger partial charge in [0.05, 0.1) is 11.0 Å². The molecule has 0 amide bonds. The maximum absolute atomic E-state index is 10.5. The minimum Gasteiger partial charge on any atom is -0.392 e. The lowest BCUT2D eigenvalue weighted by Gasteiger charge is -2.18. The molecular formula is C12H18N2O3. The Morgan fingerprint density at radius 3 is 2.41 bits per heavy atom. The molecule has 3 N–H and O–H groups in total. The first-order valence-corrected chi connectivity index (χ1v) is 5.71. The number of rotatable bonds is 6. The Bertz CT molecular complexity index is 365. The van der Waals surface area contributed by atoms with Crippen LogP contribution in [-0.2, 0) is 0 Å². The average molecular weight is 238 g/mol. The summed E-state index contributed by atoms with van der Waals surface area (Å²) in [5.41, 5.74) is 6.47. The van der Waals surface area contributed by atoms with Gasteiger partial charge in [-0.25, -0.2) is 0 Å². The van der Waals surface area contributed by atoms with Gasteiger partial charge < -0.3 is 10.8 Å². The Labute approximate surface area is 100 Å². The molecule has 1 aromatic carbocycles. The zero-order valence-electron chi connectivity index (χ0n) is 9.87. The van der Waals surface area contributed by atoms with Crippen LogP contribution < -0.4 is 5.73 Å². The van der Waals surface area contributed by atoms with Gasteiger partial charge >= 0.3 is 0 Å². The maximum Gasteiger partial charge on any atom is 0.269 e. The molecule has 0 spiro atoms. The number of nitrogens with two attached hydrogens (primary N) is 1. The highest BCUT2D eigenvalue weighted by Gasteiger charge is 2.15. The molecule has 5 nitrogen and oxygen atoms in total. The van der Waals surface area contributed by atoms with Gasteiger partial charge in [-0.2, -0.15) is 0 Å². The molecule has 94 valence electrons. The molecule has 2 atom stereocenters. The number of hydrogen-bond donors (Lipinski definition) is 2. The minimum atomic E-state index is -0.518. The molecule has 17 heavy (non-hydrogen) atoms. The third-order valence-electron chi connectivity index (χ3n) is 2.90. The Hall–Kier alpha value is -1.46. The second kappa shape index (κ2) is 6.32. The summed E-state index contributed by atoms with van der Waals surface area (Å²) < 4.78 is 0. The summed E-state index contributed by atoms with van der Waals surface area (Å²) >= 11 is 0. The van der Waals surface area contributed by atoms with Crippen LogP contribution in [0.15, 0.2) is 24.3 Å². The fourth-order valence-electron chi connectivity index (χ4n) is 1.83. The van der Waals surface area contributed by atoms with Crippen LogP contribution in [0.25, 0.3) is 0 Å². The van der Waals surface area contributed by atoms with Crippen molar-refractivity contribution >= 4 is 5.69 Å². The number of nitrogens with zero attached hydrogens (tertiary/aromatic N) is 1. The molecule has 0 saturated carbocycles. The third kappa shape index (κ3) is 3.80. The van der Waals surface area contributed by atoms with Crippen molar-refractivity contribution in [2.24, 2.45) is 5.73 Å². The van der Waals surface area contributed by atoms with Crippen LogP contribution in [0.4, 0.5) is 5.69 Å². The van der Waals surface area contributed by atoms with Crippen molar-refractivity contribution < 1.29 is 10.0 Å². The first kappa shape index (κ1) is 13.6. The van der Waals surface area contributed by atoms with E-state index >= 15 is 0 Å². The molecule has 0 bridgehead atoms. The molecule has 0 aliphatic carbocycles. The fraction of sp³-hybridized carbons (Fsp3) is 0.500. The molecular weight excluding hydrogens is 220 g/mol. The van der Waals surface area contributed by atoms with Crippen molar-refractivity contribution in [1.29, 1.82) is 0 Å². The fourth-order valence-corrected chi connectivity index (χ4v) is 1.83. The molecule has 1 aromatic rings. The Balaban J connectivity index is 2.78. The molecule has 0 saturated heterocycles. The zero-order valence-corrected chi connectivity index (χ0v) is 9.87. The number of nitro benzene ring substituents is 1. The molecule has 5 heteroatoms. The second-order valence-electron chi connectivity index (χ2n) is 4.08. The predicted octanol–water partition coefficient (Wildman–Crippen LogP) is 1.80. The minimum absolute atomic E-state index is 0.0861. The van der Waals surface area contributed by atoms with Gasteiger partial charge in [0.1, 0.15) is 0 Å². The van der Waals surface area contributed by atoms with Gasteiger partial charge in [-0.1, -0.05) is 19.1 Å². The van der Waals surface area contributed by atoms with Gasteiger partial charge in [0.25, 0.3) is 5.69 Å². The van der Waals surface area contributed by atoms with Gasteiger partial charge in [-0.3, -0.25) is 10.1 Å². The molecule has 2 unspecified atom stereocenters. The van der Waals surface area contributed by atoms with E-state index in [4.69, 9.17) is 5.73 Å². The number of non-ortho nitro benzene ring substituents is 1. The van der Waals surface area contributed by atoms with Crippen LogP contribution in [-0.4, -0.2) is 22.7 Å². The lowest BCUT2D eigenvalue weighted by atomic mass is 9.91. The van der Waals surface area contributed by atoms with Gasteiger partial charge in [0.2, 0.25) is 0 Å². The highest BCUT2D eigenvalue weighted by Crippen LogP contribution is 2.26. The molecule has 0 aromatic heterocycles. The Morgan fingerprint density at radius 2 is 2.00 bits per heavy atom. The summed E-state index contributed by atoms with van der Waals surface area (Å²) in [6, 6.07) is 6.48. The maximum atomic E-state index is 10.5. The highest BCUT2D eigenvalue weighted by atomic mass is 16.6. The van der Waals surface area contributed by atoms with Crippen molar-refractivity contribution in [3.05, 3.63) is 39.9 Å². The quantitative estimate of drug-likeness (QED) is 0.584. The number of aliphatic hydroxyl groups excluding tert-OH is 1. The van der Waals surface area contributed by atoms with E-state index in [1.54, 1.807) is 12.1 Å². The van der Waals surface area contributed by atoms with Crippen LogP contribution in [0, 0.1) is 10.1 Å². The van der Waals surface area contributed by atoms with Crippen LogP contribution in [0.1, 0.15) is 31.2 Å². The van der Waals surface area contributed by atoms with E-state index in [2.05, 4.69) is 0 Å². The molecule has 0 fully saturated rings. The molecule has 0 aliphatic heterocycles. The van der Waals surface area contributed by atoms with Crippen molar-refractivity contribution in [3.8, 4) is 0 Å². The molecule has 1 rings (SSSR count). The van der Waals surface area contributed by atoms with E-state index in [1.807, 2.05) is 6.92 Å². The highest BCUT2D eigenvalue weighted by molar-refractivity contribution is 5.34. The van der Waals surface area contributed by atoms with Gasteiger partial charge in [-0.05, 0) is 24.3 Å². The van der Waals surface area contributed by atoms with E-state index in [-0.39, 0.29) is 18.2 Å². The summed E-state index contributed by atoms with van der Waals surface area (Å²) in [5, 5.41) is 20.1. The normalized spacial score (nSPS) is 14.3. The van der Waals surface area contributed by atoms with E-state index in [0.29, 0.717) is 6.42 Å². The first-order chi connectivity index (χ1) is 8.08. The van der Waals surface area contributed by atoms with Crippen LogP contribution in [0.2, 0.25) is 0 Å². The third-order valence-corrected chi connectivity index (χ3v) is 2.90. The van der Waals surface area contributed by atoms with Gasteiger partial charge in [0.15, 0.2) is 0 Å². The van der Waals surface area contributed by atoms with Crippen LogP contribution >= 0.6 is 0 Å². The van der Waals surface area contributed by atoms with Crippen molar-refractivity contribution in [2.45, 2.75) is 31.8 Å². The monoisotopic (exact) mass is 238 g/mol. The molecule has 0 aliphatic rings. The van der Waals surface area contributed by atoms with Crippen LogP contribution in [0.3, 0.4) is 0 Å². The summed E-state index contributed by atoms with van der Waals surface area (Å²) in [6.45, 7) is 2.26. The number of nitro groups is 1. The van der Waals surface area contributed by atoms with Gasteiger partial charge in [0, 0.05) is 18.7 Å². The smallest absolute Gasteiger partial charge is 0.269 e. The topological polar surface area (TPSA) is 89.4 Å². The van der Waals surface area contributed by atoms with Crippen molar-refractivity contribution in [1.82, 2.24) is 0 Å². The van der Waals surface area contributed by atoms with E-state index in [9.17, 15) is 15.2 Å². The van der Waals surface area contributed by atoms with E-state index < -0.39 is 11.0 Å². The number of hydrogen-bond acceptors (Lipinski definition) is 4. The summed E-state index contributed by atoms with van der Waals surface area (Å²) in [6.07, 6.45) is 0.940. The van der Waals surface area contributed by atoms with Crippen molar-refractivity contribution in [2.75, 3.05) is 6.54 Å². The molecule has 0 radical (unpaired) electrons. The number of aliphatic hydroxyl groups is 1. The largest absolute Gasteiger partial charge is 0.392 e. The number of benzene rings is 1. The average Bonchev–Trinajstić information content (AvgIpc) is 2.35. The standard InChI is InChI=1S/C12H18N2O3/c1-2-9(7-12(15)8-13)10-3-5-11(6-4-10)14(16)17/h3-6,9,12,15H,2,7-8,13H2,1H3. The Kier molecular flexibility index (Phi) is 5.06. The molecule has 0 heterocycles. The van der Waals surface area contributed by atoms with E-state index in [0.717, 1.165) is 12.0 Å². The second-order valence-corrected chi connectivity index (χ2v) is 4.08. The van der Waals surface area contributed by atoms with Crippen LogP contribution in [0.5, 0.6) is 0 Å². The first-order valence-electron chi connectivity index (χ1n) is 5.71. The lowest BCUT2D eigenvalue weighted by Crippen LogP contribution is -2.22. The van der Waals surface area contributed by atoms with Crippen molar-refractivity contribution in [3.63, 3.8) is 0 Å². The Morgan fingerprint density at radius 1 is 1.41 bits per heavy atom. The summed E-state index contributed by atoms with van der Waals surface area (Å²) in [5.74, 6) is 0.189. The summed E-state index contributed by atoms with van der Waals surface area (Å²) in [4.78, 5) is 10.1. The van der Waals surface area contributed by atoms with E-state index in [1.165, 1.54) is 12.1 Å². The van der Waals surface area contributed by atoms with Gasteiger partial charge in [-0.15, -0.1) is 0 Å². The lowest BCUT2D eigenvalue weighted by molar-refractivity contribution is -0.384. The SMILES string of the molecule is CCC(CC(O)CN)c1ccc([N+](=O)[O-])cc1.